The molecule has 0 aliphatic carbocycles. The fourth-order valence-electron chi connectivity index (χ4n) is 2.16. The van der Waals surface area contributed by atoms with Crippen LogP contribution in [0.15, 0.2) is 12.1 Å². The van der Waals surface area contributed by atoms with Gasteiger partial charge >= 0.3 is 0 Å². The van der Waals surface area contributed by atoms with Gasteiger partial charge in [-0.1, -0.05) is 13.3 Å². The molecule has 0 fully saturated rings. The van der Waals surface area contributed by atoms with Crippen molar-refractivity contribution in [2.75, 3.05) is 19.8 Å². The fraction of sp³-hybridized carbons (Fsp3) is 0.571. The molecule has 0 bridgehead atoms. The van der Waals surface area contributed by atoms with E-state index >= 15 is 0 Å². The molecule has 1 aromatic carbocycles. The molecule has 0 aromatic heterocycles. The lowest BCUT2D eigenvalue weighted by molar-refractivity contribution is 0.171. The van der Waals surface area contributed by atoms with Crippen molar-refractivity contribution in [2.45, 2.75) is 26.7 Å². The Morgan fingerprint density at radius 3 is 2.47 bits per heavy atom. The summed E-state index contributed by atoms with van der Waals surface area (Å²) in [6.45, 7) is 6.34. The van der Waals surface area contributed by atoms with E-state index in [1.54, 1.807) is 0 Å². The molecular formula is C14H21NO2. The Bertz CT molecular complexity index is 386. The second kappa shape index (κ2) is 5.41. The average molecular weight is 235 g/mol. The van der Waals surface area contributed by atoms with Gasteiger partial charge in [-0.15, -0.1) is 0 Å². The minimum absolute atomic E-state index is 0.552. The van der Waals surface area contributed by atoms with Crippen molar-refractivity contribution in [1.82, 2.24) is 0 Å². The van der Waals surface area contributed by atoms with Crippen LogP contribution in [0.1, 0.15) is 24.5 Å². The topological polar surface area (TPSA) is 44.5 Å². The summed E-state index contributed by atoms with van der Waals surface area (Å²) in [7, 11) is 0. The number of ether oxygens (including phenoxy) is 2. The monoisotopic (exact) mass is 235 g/mol. The lowest BCUT2D eigenvalue weighted by Crippen LogP contribution is -2.18. The van der Waals surface area contributed by atoms with Gasteiger partial charge in [0.15, 0.2) is 11.5 Å². The van der Waals surface area contributed by atoms with Crippen LogP contribution in [0.5, 0.6) is 11.5 Å². The van der Waals surface area contributed by atoms with Crippen molar-refractivity contribution in [1.29, 1.82) is 0 Å². The highest BCUT2D eigenvalue weighted by atomic mass is 16.6. The molecule has 1 unspecified atom stereocenters. The summed E-state index contributed by atoms with van der Waals surface area (Å²) in [5.74, 6) is 2.30. The van der Waals surface area contributed by atoms with Crippen LogP contribution >= 0.6 is 0 Å². The quantitative estimate of drug-likeness (QED) is 0.871. The largest absolute Gasteiger partial charge is 0.486 e. The zero-order valence-electron chi connectivity index (χ0n) is 10.7. The molecule has 2 N–H and O–H groups in total. The van der Waals surface area contributed by atoms with Crippen LogP contribution in [0.4, 0.5) is 0 Å². The first-order chi connectivity index (χ1) is 8.24. The maximum atomic E-state index is 5.76. The Balaban J connectivity index is 2.22. The fourth-order valence-corrected chi connectivity index (χ4v) is 2.16. The highest BCUT2D eigenvalue weighted by molar-refractivity contribution is 5.47. The molecule has 1 aromatic rings. The molecule has 3 nitrogen and oxygen atoms in total. The maximum Gasteiger partial charge on any atom is 0.161 e. The zero-order valence-corrected chi connectivity index (χ0v) is 10.7. The standard InChI is InChI=1S/C14H21NO2/c1-3-11(9-15)7-12-8-14-13(6-10(12)2)16-4-5-17-14/h6,8,11H,3-5,7,9,15H2,1-2H3. The van der Waals surface area contributed by atoms with Crippen molar-refractivity contribution in [3.63, 3.8) is 0 Å². The molecule has 17 heavy (non-hydrogen) atoms. The van der Waals surface area contributed by atoms with Crippen molar-refractivity contribution in [3.05, 3.63) is 23.3 Å². The van der Waals surface area contributed by atoms with Crippen LogP contribution in [0, 0.1) is 12.8 Å². The minimum atomic E-state index is 0.552. The van der Waals surface area contributed by atoms with Gasteiger partial charge in [-0.25, -0.2) is 0 Å². The van der Waals surface area contributed by atoms with E-state index in [0.29, 0.717) is 19.1 Å². The number of rotatable bonds is 4. The average Bonchev–Trinajstić information content (AvgIpc) is 2.36. The van der Waals surface area contributed by atoms with E-state index in [-0.39, 0.29) is 0 Å². The van der Waals surface area contributed by atoms with E-state index in [9.17, 15) is 0 Å². The highest BCUT2D eigenvalue weighted by Crippen LogP contribution is 2.33. The molecule has 94 valence electrons. The van der Waals surface area contributed by atoms with Crippen LogP contribution in [0.25, 0.3) is 0 Å². The van der Waals surface area contributed by atoms with Crippen LogP contribution in [-0.2, 0) is 6.42 Å². The SMILES string of the molecule is CCC(CN)Cc1cc2c(cc1C)OCCO2. The number of fused-ring (bicyclic) bond motifs is 1. The van der Waals surface area contributed by atoms with Crippen molar-refractivity contribution in [2.24, 2.45) is 11.7 Å². The molecule has 3 heteroatoms. The summed E-state index contributed by atoms with van der Waals surface area (Å²) >= 11 is 0. The second-order valence-corrected chi connectivity index (χ2v) is 4.64. The summed E-state index contributed by atoms with van der Waals surface area (Å²) in [6.07, 6.45) is 2.14. The summed E-state index contributed by atoms with van der Waals surface area (Å²) in [4.78, 5) is 0. The van der Waals surface area contributed by atoms with Crippen LogP contribution < -0.4 is 15.2 Å². The third-order valence-corrected chi connectivity index (χ3v) is 3.42. The van der Waals surface area contributed by atoms with Gasteiger partial charge in [0.25, 0.3) is 0 Å². The van der Waals surface area contributed by atoms with Gasteiger partial charge in [0, 0.05) is 0 Å². The third-order valence-electron chi connectivity index (χ3n) is 3.42. The third kappa shape index (κ3) is 2.72. The van der Waals surface area contributed by atoms with Crippen molar-refractivity contribution >= 4 is 0 Å². The first-order valence-electron chi connectivity index (χ1n) is 6.33. The van der Waals surface area contributed by atoms with Crippen LogP contribution in [0.2, 0.25) is 0 Å². The van der Waals surface area contributed by atoms with E-state index in [4.69, 9.17) is 15.2 Å². The number of nitrogens with two attached hydrogens (primary N) is 1. The van der Waals surface area contributed by atoms with E-state index in [1.165, 1.54) is 11.1 Å². The van der Waals surface area contributed by atoms with Gasteiger partial charge in [-0.2, -0.15) is 0 Å². The van der Waals surface area contributed by atoms with Gasteiger partial charge < -0.3 is 15.2 Å². The molecular weight excluding hydrogens is 214 g/mol. The van der Waals surface area contributed by atoms with E-state index in [1.807, 2.05) is 0 Å². The molecule has 1 aliphatic heterocycles. The molecule has 1 atom stereocenters. The second-order valence-electron chi connectivity index (χ2n) is 4.64. The molecule has 0 amide bonds. The van der Waals surface area contributed by atoms with Crippen LogP contribution in [-0.4, -0.2) is 19.8 Å². The molecule has 1 aliphatic rings. The molecule has 2 rings (SSSR count). The first-order valence-corrected chi connectivity index (χ1v) is 6.33. The first kappa shape index (κ1) is 12.2. The predicted molar refractivity (Wildman–Crippen MR) is 68.7 cm³/mol. The minimum Gasteiger partial charge on any atom is -0.486 e. The van der Waals surface area contributed by atoms with Gasteiger partial charge in [-0.05, 0) is 49.1 Å². The van der Waals surface area contributed by atoms with Crippen molar-refractivity contribution in [3.8, 4) is 11.5 Å². The Morgan fingerprint density at radius 1 is 1.24 bits per heavy atom. The van der Waals surface area contributed by atoms with E-state index in [2.05, 4.69) is 26.0 Å². The van der Waals surface area contributed by atoms with E-state index < -0.39 is 0 Å². The Labute approximate surface area is 103 Å². The van der Waals surface area contributed by atoms with Crippen LogP contribution in [0.3, 0.4) is 0 Å². The molecule has 0 spiro atoms. The van der Waals surface area contributed by atoms with Gasteiger partial charge in [0.05, 0.1) is 0 Å². The summed E-state index contributed by atoms with van der Waals surface area (Å²) in [5.41, 5.74) is 8.35. The Kier molecular flexibility index (Phi) is 3.89. The van der Waals surface area contributed by atoms with E-state index in [0.717, 1.165) is 30.9 Å². The smallest absolute Gasteiger partial charge is 0.161 e. The Morgan fingerprint density at radius 2 is 1.88 bits per heavy atom. The highest BCUT2D eigenvalue weighted by Gasteiger charge is 2.15. The Hall–Kier alpha value is -1.22. The molecule has 1 heterocycles. The molecule has 0 radical (unpaired) electrons. The number of benzene rings is 1. The summed E-state index contributed by atoms with van der Waals surface area (Å²) in [5, 5.41) is 0. The summed E-state index contributed by atoms with van der Waals surface area (Å²) in [6, 6.07) is 4.19. The lowest BCUT2D eigenvalue weighted by Gasteiger charge is -2.21. The molecule has 0 saturated heterocycles. The summed E-state index contributed by atoms with van der Waals surface area (Å²) < 4.78 is 11.2. The maximum absolute atomic E-state index is 5.76. The van der Waals surface area contributed by atoms with Gasteiger partial charge in [-0.3, -0.25) is 0 Å². The lowest BCUT2D eigenvalue weighted by atomic mass is 9.94. The number of hydrogen-bond acceptors (Lipinski definition) is 3. The predicted octanol–water partition coefficient (Wildman–Crippen LogP) is 2.29. The van der Waals surface area contributed by atoms with Crippen molar-refractivity contribution < 1.29 is 9.47 Å². The number of hydrogen-bond donors (Lipinski definition) is 1. The van der Waals surface area contributed by atoms with Gasteiger partial charge in [0.2, 0.25) is 0 Å². The van der Waals surface area contributed by atoms with Gasteiger partial charge in [0.1, 0.15) is 13.2 Å². The molecule has 0 saturated carbocycles. The normalized spacial score (nSPS) is 15.7. The zero-order chi connectivity index (χ0) is 12.3. The number of aryl methyl sites for hydroxylation is 1.